The lowest BCUT2D eigenvalue weighted by molar-refractivity contribution is -0.556. The lowest BCUT2D eigenvalue weighted by Crippen LogP contribution is -2.72. The summed E-state index contributed by atoms with van der Waals surface area (Å²) in [4.78, 5) is 13.8. The molecule has 2 rings (SSSR count). The van der Waals surface area contributed by atoms with Crippen LogP contribution < -0.4 is 15.5 Å². The number of carbonyl (C=O) groups is 1. The molecular formula is C20H28N3OS+. The van der Waals surface area contributed by atoms with Crippen molar-refractivity contribution in [1.82, 2.24) is 5.32 Å². The van der Waals surface area contributed by atoms with E-state index in [0.717, 1.165) is 19.5 Å². The number of benzene rings is 1. The van der Waals surface area contributed by atoms with E-state index < -0.39 is 0 Å². The molecule has 1 amide bonds. The minimum atomic E-state index is 0.00479. The number of anilines is 1. The van der Waals surface area contributed by atoms with Gasteiger partial charge in [-0.25, -0.2) is 0 Å². The molecular weight excluding hydrogens is 330 g/mol. The van der Waals surface area contributed by atoms with Gasteiger partial charge >= 0.3 is 0 Å². The summed E-state index contributed by atoms with van der Waals surface area (Å²) < 4.78 is 0. The zero-order chi connectivity index (χ0) is 18.1. The number of quaternary nitrogens is 1. The third-order valence-electron chi connectivity index (χ3n) is 4.24. The molecule has 1 unspecified atom stereocenters. The number of hydrogen-bond donors (Lipinski definition) is 3. The third-order valence-corrected chi connectivity index (χ3v) is 4.53. The Balaban J connectivity index is 1.94. The largest absolute Gasteiger partial charge is 0.369 e. The lowest BCUT2D eigenvalue weighted by Gasteiger charge is -2.19. The zero-order valence-corrected chi connectivity index (χ0v) is 15.9. The van der Waals surface area contributed by atoms with Gasteiger partial charge in [-0.2, -0.15) is 12.6 Å². The van der Waals surface area contributed by atoms with Crippen LogP contribution >= 0.6 is 12.6 Å². The van der Waals surface area contributed by atoms with Gasteiger partial charge in [0.15, 0.2) is 0 Å². The minimum Gasteiger partial charge on any atom is -0.369 e. The van der Waals surface area contributed by atoms with Gasteiger partial charge in [-0.1, -0.05) is 30.4 Å². The monoisotopic (exact) mass is 358 g/mol. The second kappa shape index (κ2) is 10.1. The fourth-order valence-electron chi connectivity index (χ4n) is 2.83. The second-order valence-corrected chi connectivity index (χ2v) is 6.38. The van der Waals surface area contributed by atoms with E-state index in [9.17, 15) is 4.79 Å². The van der Waals surface area contributed by atoms with Crippen molar-refractivity contribution < 1.29 is 10.1 Å². The molecule has 0 spiro atoms. The summed E-state index contributed by atoms with van der Waals surface area (Å²) in [5.74, 6) is 0.252. The first-order valence-corrected chi connectivity index (χ1v) is 9.35. The molecule has 1 saturated heterocycles. The molecule has 0 aromatic heterocycles. The molecule has 0 bridgehead atoms. The summed E-state index contributed by atoms with van der Waals surface area (Å²) >= 11 is 4.01. The number of allylic oxidation sites excluding steroid dienone is 4. The Morgan fingerprint density at radius 2 is 2.12 bits per heavy atom. The van der Waals surface area contributed by atoms with Crippen LogP contribution in [0.1, 0.15) is 18.9 Å². The number of nitrogens with two attached hydrogens (primary N) is 1. The SMILES string of the molecule is C/C=C(\C=C/[NH2+]C)/C=C/c1ccc(N2CCC(NC(=O)CS)C2)cc1. The summed E-state index contributed by atoms with van der Waals surface area (Å²) in [6.45, 7) is 3.86. The van der Waals surface area contributed by atoms with Crippen molar-refractivity contribution in [2.45, 2.75) is 19.4 Å². The van der Waals surface area contributed by atoms with Crippen molar-refractivity contribution in [1.29, 1.82) is 0 Å². The standard InChI is InChI=1S/C20H27N3OS/c1-3-16(10-12-21-2)4-5-17-6-8-19(9-7-17)23-13-11-18(14-23)22-20(24)15-25/h3-10,12,18,21,25H,11,13-15H2,1-2H3,(H,22,24)/p+1/b5-4+,12-10-,16-3-. The molecule has 1 aliphatic rings. The molecule has 5 heteroatoms. The summed E-state index contributed by atoms with van der Waals surface area (Å²) in [5, 5.41) is 5.03. The molecule has 1 aromatic rings. The number of rotatable bonds is 7. The Hall–Kier alpha value is -1.98. The highest BCUT2D eigenvalue weighted by molar-refractivity contribution is 7.81. The molecule has 0 aliphatic carbocycles. The second-order valence-electron chi connectivity index (χ2n) is 6.06. The normalized spacial score (nSPS) is 18.4. The molecule has 1 aromatic carbocycles. The molecule has 1 atom stereocenters. The predicted molar refractivity (Wildman–Crippen MR) is 109 cm³/mol. The lowest BCUT2D eigenvalue weighted by atomic mass is 10.1. The maximum atomic E-state index is 11.4. The van der Waals surface area contributed by atoms with Gasteiger partial charge in [0.05, 0.1) is 19.0 Å². The highest BCUT2D eigenvalue weighted by atomic mass is 32.1. The first kappa shape index (κ1) is 19.3. The van der Waals surface area contributed by atoms with Crippen LogP contribution in [0.15, 0.2) is 54.3 Å². The van der Waals surface area contributed by atoms with E-state index in [4.69, 9.17) is 0 Å². The maximum Gasteiger partial charge on any atom is 0.230 e. The first-order chi connectivity index (χ1) is 12.2. The third kappa shape index (κ3) is 6.11. The molecule has 134 valence electrons. The highest BCUT2D eigenvalue weighted by Gasteiger charge is 2.23. The minimum absolute atomic E-state index is 0.00479. The summed E-state index contributed by atoms with van der Waals surface area (Å²) in [6, 6.07) is 8.78. The summed E-state index contributed by atoms with van der Waals surface area (Å²) in [7, 11) is 2.01. The Morgan fingerprint density at radius 3 is 2.76 bits per heavy atom. The van der Waals surface area contributed by atoms with Gasteiger partial charge in [0, 0.05) is 24.8 Å². The van der Waals surface area contributed by atoms with E-state index in [1.54, 1.807) is 0 Å². The van der Waals surface area contributed by atoms with Gasteiger partial charge in [0.25, 0.3) is 0 Å². The van der Waals surface area contributed by atoms with E-state index in [2.05, 4.69) is 71.4 Å². The van der Waals surface area contributed by atoms with Crippen LogP contribution in [0.5, 0.6) is 0 Å². The fraction of sp³-hybridized carbons (Fsp3) is 0.350. The van der Waals surface area contributed by atoms with Gasteiger partial charge < -0.3 is 15.5 Å². The summed E-state index contributed by atoms with van der Waals surface area (Å²) in [6.07, 6.45) is 11.4. The topological polar surface area (TPSA) is 49.0 Å². The molecule has 1 aliphatic heterocycles. The van der Waals surface area contributed by atoms with Crippen LogP contribution in [0, 0.1) is 0 Å². The van der Waals surface area contributed by atoms with Gasteiger partial charge in [0.1, 0.15) is 0 Å². The van der Waals surface area contributed by atoms with E-state index in [0.29, 0.717) is 0 Å². The van der Waals surface area contributed by atoms with Gasteiger partial charge in [-0.3, -0.25) is 4.79 Å². The number of amides is 1. The van der Waals surface area contributed by atoms with Crippen molar-refractivity contribution in [3.05, 3.63) is 59.8 Å². The van der Waals surface area contributed by atoms with Gasteiger partial charge in [-0.15, -0.1) is 0 Å². The molecule has 0 saturated carbocycles. The maximum absolute atomic E-state index is 11.4. The van der Waals surface area contributed by atoms with Crippen molar-refractivity contribution in [2.24, 2.45) is 0 Å². The number of carbonyl (C=O) groups excluding carboxylic acids is 1. The predicted octanol–water partition coefficient (Wildman–Crippen LogP) is 1.98. The average molecular weight is 359 g/mol. The van der Waals surface area contributed by atoms with Crippen molar-refractivity contribution >= 4 is 30.3 Å². The molecule has 25 heavy (non-hydrogen) atoms. The van der Waals surface area contributed by atoms with Gasteiger partial charge in [0.2, 0.25) is 5.91 Å². The van der Waals surface area contributed by atoms with Crippen LogP contribution in [0.4, 0.5) is 5.69 Å². The Bertz CT molecular complexity index is 649. The molecule has 1 fully saturated rings. The smallest absolute Gasteiger partial charge is 0.230 e. The van der Waals surface area contributed by atoms with Crippen LogP contribution in [-0.4, -0.2) is 37.8 Å². The average Bonchev–Trinajstić information content (AvgIpc) is 3.10. The highest BCUT2D eigenvalue weighted by Crippen LogP contribution is 2.21. The number of hydrogen-bond acceptors (Lipinski definition) is 3. The van der Waals surface area contributed by atoms with Gasteiger partial charge in [-0.05, 0) is 42.7 Å². The molecule has 0 radical (unpaired) electrons. The first-order valence-electron chi connectivity index (χ1n) is 8.72. The molecule has 1 heterocycles. The van der Waals surface area contributed by atoms with Crippen LogP contribution in [-0.2, 0) is 4.79 Å². The van der Waals surface area contributed by atoms with Crippen molar-refractivity contribution in [2.75, 3.05) is 30.8 Å². The van der Waals surface area contributed by atoms with E-state index in [-0.39, 0.29) is 17.7 Å². The molecule has 4 nitrogen and oxygen atoms in total. The van der Waals surface area contributed by atoms with E-state index in [1.165, 1.54) is 16.8 Å². The summed E-state index contributed by atoms with van der Waals surface area (Å²) in [5.41, 5.74) is 3.56. The van der Waals surface area contributed by atoms with Crippen molar-refractivity contribution in [3.8, 4) is 0 Å². The Morgan fingerprint density at radius 1 is 1.36 bits per heavy atom. The Kier molecular flexibility index (Phi) is 7.82. The van der Waals surface area contributed by atoms with E-state index >= 15 is 0 Å². The quantitative estimate of drug-likeness (QED) is 0.516. The molecule has 3 N–H and O–H groups in total. The number of nitrogens with one attached hydrogen (secondary N) is 1. The fourth-order valence-corrected chi connectivity index (χ4v) is 2.92. The zero-order valence-electron chi connectivity index (χ0n) is 15.0. The van der Waals surface area contributed by atoms with Crippen LogP contribution in [0.25, 0.3) is 6.08 Å². The van der Waals surface area contributed by atoms with Crippen LogP contribution in [0.3, 0.4) is 0 Å². The van der Waals surface area contributed by atoms with Crippen molar-refractivity contribution in [3.63, 3.8) is 0 Å². The Labute approximate surface area is 156 Å². The number of thiol groups is 1. The van der Waals surface area contributed by atoms with E-state index in [1.807, 2.05) is 25.5 Å². The number of nitrogens with zero attached hydrogens (tertiary/aromatic N) is 1. The van der Waals surface area contributed by atoms with Crippen LogP contribution in [0.2, 0.25) is 0 Å².